The average molecular weight is 472 g/mol. The van der Waals surface area contributed by atoms with E-state index in [1.165, 1.54) is 35.6 Å². The van der Waals surface area contributed by atoms with Gasteiger partial charge in [0.1, 0.15) is 28.9 Å². The summed E-state index contributed by atoms with van der Waals surface area (Å²) in [6.07, 6.45) is 4.29. The molecule has 4 rings (SSSR count). The van der Waals surface area contributed by atoms with Crippen LogP contribution < -0.4 is 10.1 Å². The molecule has 0 bridgehead atoms. The molecule has 1 aliphatic carbocycles. The van der Waals surface area contributed by atoms with Crippen LogP contribution in [0.15, 0.2) is 40.8 Å². The summed E-state index contributed by atoms with van der Waals surface area (Å²) in [7, 11) is 0. The Bertz CT molecular complexity index is 1130. The smallest absolute Gasteiger partial charge is 0.341 e. The Morgan fingerprint density at radius 3 is 2.67 bits per heavy atom. The second-order valence-electron chi connectivity index (χ2n) is 8.00. The van der Waals surface area contributed by atoms with Gasteiger partial charge in [-0.1, -0.05) is 6.92 Å². The number of rotatable bonds is 8. The number of hydrogen-bond donors (Lipinski definition) is 1. The molecule has 6 nitrogen and oxygen atoms in total. The summed E-state index contributed by atoms with van der Waals surface area (Å²) in [5, 5.41) is 3.35. The van der Waals surface area contributed by atoms with Crippen LogP contribution >= 0.6 is 11.3 Å². The minimum atomic E-state index is -0.445. The normalized spacial score (nSPS) is 13.8. The third kappa shape index (κ3) is 5.45. The van der Waals surface area contributed by atoms with E-state index in [4.69, 9.17) is 13.9 Å². The summed E-state index contributed by atoms with van der Waals surface area (Å²) >= 11 is 1.43. The van der Waals surface area contributed by atoms with Gasteiger partial charge in [0.15, 0.2) is 5.76 Å². The number of amides is 1. The summed E-state index contributed by atoms with van der Waals surface area (Å²) in [6.45, 7) is 3.91. The largest absolute Gasteiger partial charge is 0.486 e. The number of nitrogens with one attached hydrogen (secondary N) is 1. The zero-order valence-electron chi connectivity index (χ0n) is 18.6. The highest BCUT2D eigenvalue weighted by atomic mass is 32.1. The van der Waals surface area contributed by atoms with Gasteiger partial charge in [0.2, 0.25) is 0 Å². The number of anilines is 1. The topological polar surface area (TPSA) is 77.8 Å². The molecule has 8 heteroatoms. The average Bonchev–Trinajstić information content (AvgIpc) is 3.43. The number of carbonyl (C=O) groups excluding carboxylic acids is 2. The first kappa shape index (κ1) is 23.0. The molecular formula is C25H26FNO5S. The third-order valence-electron chi connectivity index (χ3n) is 5.57. The number of carbonyl (C=O) groups is 2. The highest BCUT2D eigenvalue weighted by Crippen LogP contribution is 2.39. The van der Waals surface area contributed by atoms with Crippen molar-refractivity contribution in [3.63, 3.8) is 0 Å². The highest BCUT2D eigenvalue weighted by molar-refractivity contribution is 7.17. The number of thiophene rings is 1. The molecule has 174 valence electrons. The van der Waals surface area contributed by atoms with E-state index in [2.05, 4.69) is 5.32 Å². The standard InChI is InChI=1S/C25H26FNO5S/c1-3-15(2)31-25(29)22-19-6-4-5-7-21(19)33-24(22)27-23(28)20-13-12-18(32-20)14-30-17-10-8-16(26)9-11-17/h8-13,15H,3-7,14H2,1-2H3,(H,27,28). The monoisotopic (exact) mass is 471 g/mol. The van der Waals surface area contributed by atoms with Crippen molar-refractivity contribution in [2.45, 2.75) is 58.7 Å². The maximum Gasteiger partial charge on any atom is 0.341 e. The molecule has 2 heterocycles. The highest BCUT2D eigenvalue weighted by Gasteiger charge is 2.28. The van der Waals surface area contributed by atoms with E-state index >= 15 is 0 Å². The van der Waals surface area contributed by atoms with Crippen molar-refractivity contribution in [2.75, 3.05) is 5.32 Å². The molecular weight excluding hydrogens is 445 g/mol. The first-order valence-electron chi connectivity index (χ1n) is 11.1. The van der Waals surface area contributed by atoms with Gasteiger partial charge in [0.25, 0.3) is 5.91 Å². The van der Waals surface area contributed by atoms with Crippen molar-refractivity contribution >= 4 is 28.2 Å². The molecule has 1 N–H and O–H groups in total. The zero-order chi connectivity index (χ0) is 23.4. The van der Waals surface area contributed by atoms with E-state index in [1.54, 1.807) is 12.1 Å². The third-order valence-corrected chi connectivity index (χ3v) is 6.77. The zero-order valence-corrected chi connectivity index (χ0v) is 19.4. The number of esters is 1. The lowest BCUT2D eigenvalue weighted by Gasteiger charge is -2.15. The molecule has 0 radical (unpaired) electrons. The Labute approximate surface area is 195 Å². The fraction of sp³-hybridized carbons (Fsp3) is 0.360. The number of ether oxygens (including phenoxy) is 2. The Hall–Kier alpha value is -3.13. The summed E-state index contributed by atoms with van der Waals surface area (Å²) in [5.41, 5.74) is 1.46. The molecule has 1 amide bonds. The van der Waals surface area contributed by atoms with Crippen molar-refractivity contribution in [1.82, 2.24) is 0 Å². The maximum atomic E-state index is 13.0. The minimum absolute atomic E-state index is 0.0959. The van der Waals surface area contributed by atoms with Crippen molar-refractivity contribution < 1.29 is 27.9 Å². The van der Waals surface area contributed by atoms with Crippen LogP contribution in [-0.2, 0) is 24.2 Å². The van der Waals surface area contributed by atoms with Crippen molar-refractivity contribution in [2.24, 2.45) is 0 Å². The predicted octanol–water partition coefficient (Wildman–Crippen LogP) is 6.15. The van der Waals surface area contributed by atoms with Gasteiger partial charge in [-0.25, -0.2) is 9.18 Å². The number of halogens is 1. The molecule has 0 fully saturated rings. The van der Waals surface area contributed by atoms with Crippen LogP contribution in [-0.4, -0.2) is 18.0 Å². The van der Waals surface area contributed by atoms with Gasteiger partial charge in [-0.3, -0.25) is 4.79 Å². The first-order valence-corrected chi connectivity index (χ1v) is 11.9. The second kappa shape index (κ2) is 10.2. The van der Waals surface area contributed by atoms with Gasteiger partial charge in [0.05, 0.1) is 11.7 Å². The Balaban J connectivity index is 1.47. The quantitative estimate of drug-likeness (QED) is 0.399. The number of fused-ring (bicyclic) bond motifs is 1. The van der Waals surface area contributed by atoms with Crippen molar-refractivity contribution in [3.8, 4) is 5.75 Å². The molecule has 0 spiro atoms. The molecule has 0 saturated heterocycles. The summed E-state index contributed by atoms with van der Waals surface area (Å²) < 4.78 is 29.8. The maximum absolute atomic E-state index is 13.0. The molecule has 1 aliphatic rings. The first-order chi connectivity index (χ1) is 15.9. The number of hydrogen-bond acceptors (Lipinski definition) is 6. The summed E-state index contributed by atoms with van der Waals surface area (Å²) in [5.74, 6) is -0.132. The van der Waals surface area contributed by atoms with E-state index in [0.717, 1.165) is 42.5 Å². The molecule has 0 aliphatic heterocycles. The minimum Gasteiger partial charge on any atom is -0.486 e. The van der Waals surface area contributed by atoms with Gasteiger partial charge in [-0.15, -0.1) is 11.3 Å². The van der Waals surface area contributed by atoms with E-state index in [1.807, 2.05) is 13.8 Å². The molecule has 1 aromatic carbocycles. The predicted molar refractivity (Wildman–Crippen MR) is 124 cm³/mol. The molecule has 33 heavy (non-hydrogen) atoms. The van der Waals surface area contributed by atoms with Crippen LogP contribution in [0.2, 0.25) is 0 Å². The van der Waals surface area contributed by atoms with Crippen LogP contribution in [0.5, 0.6) is 5.75 Å². The molecule has 2 aromatic heterocycles. The van der Waals surface area contributed by atoms with Gasteiger partial charge >= 0.3 is 5.97 Å². The lowest BCUT2D eigenvalue weighted by molar-refractivity contribution is 0.0335. The van der Waals surface area contributed by atoms with E-state index in [9.17, 15) is 14.0 Å². The number of furan rings is 1. The fourth-order valence-electron chi connectivity index (χ4n) is 3.62. The Kier molecular flexibility index (Phi) is 7.13. The van der Waals surface area contributed by atoms with Crippen LogP contribution in [0.4, 0.5) is 9.39 Å². The Morgan fingerprint density at radius 1 is 1.15 bits per heavy atom. The number of aryl methyl sites for hydroxylation is 1. The Morgan fingerprint density at radius 2 is 1.91 bits per heavy atom. The molecule has 0 saturated carbocycles. The van der Waals surface area contributed by atoms with Crippen LogP contribution in [0.3, 0.4) is 0 Å². The molecule has 1 unspecified atom stereocenters. The van der Waals surface area contributed by atoms with E-state index < -0.39 is 11.9 Å². The van der Waals surface area contributed by atoms with Crippen LogP contribution in [0.1, 0.15) is 70.2 Å². The summed E-state index contributed by atoms with van der Waals surface area (Å²) in [4.78, 5) is 26.9. The van der Waals surface area contributed by atoms with Gasteiger partial charge < -0.3 is 19.2 Å². The van der Waals surface area contributed by atoms with E-state index in [-0.39, 0.29) is 24.3 Å². The van der Waals surface area contributed by atoms with E-state index in [0.29, 0.717) is 22.1 Å². The van der Waals surface area contributed by atoms with Crippen molar-refractivity contribution in [1.29, 1.82) is 0 Å². The lowest BCUT2D eigenvalue weighted by Crippen LogP contribution is -2.18. The van der Waals surface area contributed by atoms with Gasteiger partial charge in [-0.05, 0) is 81.0 Å². The van der Waals surface area contributed by atoms with Gasteiger partial charge in [0, 0.05) is 4.88 Å². The summed E-state index contributed by atoms with van der Waals surface area (Å²) in [6, 6.07) is 8.86. The van der Waals surface area contributed by atoms with Crippen molar-refractivity contribution in [3.05, 3.63) is 69.7 Å². The molecule has 1 atom stereocenters. The molecule has 3 aromatic rings. The van der Waals surface area contributed by atoms with Crippen LogP contribution in [0.25, 0.3) is 0 Å². The fourth-order valence-corrected chi connectivity index (χ4v) is 4.89. The van der Waals surface area contributed by atoms with Gasteiger partial charge in [-0.2, -0.15) is 0 Å². The second-order valence-corrected chi connectivity index (χ2v) is 9.11. The lowest BCUT2D eigenvalue weighted by atomic mass is 9.95. The number of benzene rings is 1. The van der Waals surface area contributed by atoms with Crippen LogP contribution in [0, 0.1) is 5.82 Å². The SMILES string of the molecule is CCC(C)OC(=O)c1c(NC(=O)c2ccc(COc3ccc(F)cc3)o2)sc2c1CCCC2.